The van der Waals surface area contributed by atoms with E-state index in [2.05, 4.69) is 63.1 Å². The molecule has 0 amide bonds. The van der Waals surface area contributed by atoms with E-state index in [4.69, 9.17) is 4.74 Å². The van der Waals surface area contributed by atoms with Crippen LogP contribution < -0.4 is 5.19 Å². The van der Waals surface area contributed by atoms with Crippen molar-refractivity contribution in [3.8, 4) is 0 Å². The Hall–Kier alpha value is -0.386. The summed E-state index contributed by atoms with van der Waals surface area (Å²) in [7, 11) is -2.71. The highest BCUT2D eigenvalue weighted by Crippen LogP contribution is 2.40. The van der Waals surface area contributed by atoms with Gasteiger partial charge in [0.15, 0.2) is 0 Å². The lowest BCUT2D eigenvalue weighted by Gasteiger charge is -2.44. The molecule has 1 aliphatic heterocycles. The van der Waals surface area contributed by atoms with Gasteiger partial charge in [0.25, 0.3) is 0 Å². The van der Waals surface area contributed by atoms with Crippen LogP contribution in [-0.2, 0) is 4.74 Å². The molecule has 1 aromatic carbocycles. The lowest BCUT2D eigenvalue weighted by molar-refractivity contribution is 0.116. The summed E-state index contributed by atoms with van der Waals surface area (Å²) in [5, 5.41) is 2.41. The van der Waals surface area contributed by atoms with Crippen molar-refractivity contribution in [1.29, 1.82) is 0 Å². The van der Waals surface area contributed by atoms with Crippen LogP contribution in [0.3, 0.4) is 0 Å². The molecular weight excluding hydrogens is 264 g/mol. The number of ether oxygens (including phenoxy) is 1. The molecule has 1 saturated heterocycles. The first kappa shape index (κ1) is 15.0. The number of hydrogen-bond acceptors (Lipinski definition) is 1. The minimum absolute atomic E-state index is 0.522. The molecule has 19 heavy (non-hydrogen) atoms. The Morgan fingerprint density at radius 1 is 1.05 bits per heavy atom. The highest BCUT2D eigenvalue weighted by atomic mass is 28.4. The fourth-order valence-electron chi connectivity index (χ4n) is 4.02. The van der Waals surface area contributed by atoms with Crippen molar-refractivity contribution in [2.24, 2.45) is 0 Å². The first-order chi connectivity index (χ1) is 8.83. The largest absolute Gasteiger partial charge is 0.379 e. The van der Waals surface area contributed by atoms with Crippen molar-refractivity contribution >= 4 is 21.3 Å². The quantitative estimate of drug-likeness (QED) is 0.761. The molecule has 0 radical (unpaired) electrons. The second-order valence-electron chi connectivity index (χ2n) is 7.48. The Labute approximate surface area is 120 Å². The summed E-state index contributed by atoms with van der Waals surface area (Å²) in [6.07, 6.45) is 3.05. The van der Waals surface area contributed by atoms with E-state index in [-0.39, 0.29) is 0 Å². The van der Waals surface area contributed by atoms with Crippen LogP contribution in [-0.4, -0.2) is 28.9 Å². The molecule has 2 rings (SSSR count). The summed E-state index contributed by atoms with van der Waals surface area (Å²) in [5.41, 5.74) is 0. The molecule has 2 atom stereocenters. The van der Waals surface area contributed by atoms with Gasteiger partial charge in [-0.2, -0.15) is 0 Å². The first-order valence-corrected chi connectivity index (χ1v) is 14.2. The highest BCUT2D eigenvalue weighted by molar-refractivity contribution is 7.03. The predicted molar refractivity (Wildman–Crippen MR) is 89.6 cm³/mol. The molecule has 1 fully saturated rings. The van der Waals surface area contributed by atoms with Gasteiger partial charge in [0.1, 0.15) is 0 Å². The van der Waals surface area contributed by atoms with E-state index >= 15 is 0 Å². The van der Waals surface area contributed by atoms with Crippen molar-refractivity contribution < 1.29 is 4.74 Å². The molecule has 1 nitrogen and oxygen atoms in total. The lowest BCUT2D eigenvalue weighted by atomic mass is 10.3. The lowest BCUT2D eigenvalue weighted by Crippen LogP contribution is -2.58. The average Bonchev–Trinajstić information content (AvgIpc) is 2.81. The van der Waals surface area contributed by atoms with Gasteiger partial charge in [-0.15, -0.1) is 0 Å². The standard InChI is InChI=1S/C16H28OSi2/c1-18(2,3)16(15-12-9-13-17-15)19(4,5)14-10-7-6-8-11-14/h6-8,10-11,15-16H,9,12-13H2,1-5H3. The van der Waals surface area contributed by atoms with Gasteiger partial charge in [-0.3, -0.25) is 0 Å². The van der Waals surface area contributed by atoms with E-state index in [1.54, 1.807) is 5.19 Å². The third kappa shape index (κ3) is 3.20. The topological polar surface area (TPSA) is 9.23 Å². The molecule has 0 aromatic heterocycles. The van der Waals surface area contributed by atoms with Gasteiger partial charge in [-0.05, 0) is 18.0 Å². The van der Waals surface area contributed by atoms with Gasteiger partial charge in [0.2, 0.25) is 0 Å². The molecular formula is C16H28OSi2. The SMILES string of the molecule is C[Si](C)(C)C(C1CCCO1)[Si](C)(C)c1ccccc1. The molecule has 2 unspecified atom stereocenters. The Bertz CT molecular complexity index is 403. The second kappa shape index (κ2) is 5.54. The normalized spacial score (nSPS) is 22.5. The van der Waals surface area contributed by atoms with E-state index in [1.165, 1.54) is 12.8 Å². The summed E-state index contributed by atoms with van der Waals surface area (Å²) in [6.45, 7) is 13.6. The summed E-state index contributed by atoms with van der Waals surface area (Å²) in [6, 6.07) is 11.2. The monoisotopic (exact) mass is 292 g/mol. The number of rotatable bonds is 4. The van der Waals surface area contributed by atoms with Crippen LogP contribution in [0.1, 0.15) is 12.8 Å². The zero-order valence-electron chi connectivity index (χ0n) is 13.1. The van der Waals surface area contributed by atoms with E-state index in [0.717, 1.165) is 11.8 Å². The van der Waals surface area contributed by atoms with Crippen molar-refractivity contribution in [2.75, 3.05) is 6.61 Å². The minimum atomic E-state index is -1.47. The Balaban J connectivity index is 2.37. The maximum atomic E-state index is 6.12. The third-order valence-electron chi connectivity index (χ3n) is 4.57. The molecule has 106 valence electrons. The zero-order chi connectivity index (χ0) is 14.1. The van der Waals surface area contributed by atoms with Gasteiger partial charge < -0.3 is 4.74 Å². The van der Waals surface area contributed by atoms with E-state index in [0.29, 0.717) is 6.10 Å². The molecule has 0 bridgehead atoms. The molecule has 1 aliphatic rings. The maximum absolute atomic E-state index is 6.12. The molecule has 3 heteroatoms. The maximum Gasteiger partial charge on any atom is 0.0836 e. The third-order valence-corrected chi connectivity index (χ3v) is 15.3. The smallest absolute Gasteiger partial charge is 0.0836 e. The van der Waals surface area contributed by atoms with Gasteiger partial charge in [-0.25, -0.2) is 0 Å². The fraction of sp³-hybridized carbons (Fsp3) is 0.625. The molecule has 0 aliphatic carbocycles. The Morgan fingerprint density at radius 2 is 1.68 bits per heavy atom. The van der Waals surface area contributed by atoms with Crippen LogP contribution in [0.4, 0.5) is 0 Å². The van der Waals surface area contributed by atoms with E-state index < -0.39 is 16.1 Å². The van der Waals surface area contributed by atoms with Crippen LogP contribution >= 0.6 is 0 Å². The van der Waals surface area contributed by atoms with Crippen LogP contribution in [0.25, 0.3) is 0 Å². The summed E-state index contributed by atoms with van der Waals surface area (Å²) >= 11 is 0. The van der Waals surface area contributed by atoms with Crippen molar-refractivity contribution in [2.45, 2.75) is 56.8 Å². The van der Waals surface area contributed by atoms with Gasteiger partial charge in [0.05, 0.1) is 14.2 Å². The Kier molecular flexibility index (Phi) is 4.38. The van der Waals surface area contributed by atoms with E-state index in [1.807, 2.05) is 0 Å². The molecule has 1 heterocycles. The Morgan fingerprint density at radius 3 is 2.16 bits per heavy atom. The number of benzene rings is 1. The predicted octanol–water partition coefficient (Wildman–Crippen LogP) is 4.03. The van der Waals surface area contributed by atoms with Gasteiger partial charge in [-0.1, -0.05) is 68.3 Å². The van der Waals surface area contributed by atoms with Crippen molar-refractivity contribution in [3.63, 3.8) is 0 Å². The van der Waals surface area contributed by atoms with Crippen LogP contribution in [0.15, 0.2) is 30.3 Å². The van der Waals surface area contributed by atoms with Crippen molar-refractivity contribution in [3.05, 3.63) is 30.3 Å². The van der Waals surface area contributed by atoms with Gasteiger partial charge >= 0.3 is 0 Å². The van der Waals surface area contributed by atoms with Crippen LogP contribution in [0, 0.1) is 0 Å². The van der Waals surface area contributed by atoms with Crippen LogP contribution in [0.5, 0.6) is 0 Å². The first-order valence-electron chi connectivity index (χ1n) is 7.50. The summed E-state index contributed by atoms with van der Waals surface area (Å²) < 4.78 is 6.12. The van der Waals surface area contributed by atoms with Gasteiger partial charge in [0, 0.05) is 14.7 Å². The van der Waals surface area contributed by atoms with E-state index in [9.17, 15) is 0 Å². The minimum Gasteiger partial charge on any atom is -0.379 e. The summed E-state index contributed by atoms with van der Waals surface area (Å²) in [5.74, 6) is 0. The summed E-state index contributed by atoms with van der Waals surface area (Å²) in [4.78, 5) is 0. The highest BCUT2D eigenvalue weighted by Gasteiger charge is 2.47. The molecule has 0 spiro atoms. The molecule has 0 saturated carbocycles. The zero-order valence-corrected chi connectivity index (χ0v) is 15.1. The van der Waals surface area contributed by atoms with Crippen molar-refractivity contribution in [1.82, 2.24) is 0 Å². The van der Waals surface area contributed by atoms with Crippen LogP contribution in [0.2, 0.25) is 37.9 Å². The second-order valence-corrected chi connectivity index (χ2v) is 18.1. The molecule has 1 aromatic rings. The average molecular weight is 293 g/mol. The molecule has 0 N–H and O–H groups in total. The fourth-order valence-corrected chi connectivity index (χ4v) is 17.2. The number of hydrogen-bond donors (Lipinski definition) is 0.